The lowest BCUT2D eigenvalue weighted by atomic mass is 9.95. The fourth-order valence-corrected chi connectivity index (χ4v) is 2.19. The maximum atomic E-state index is 11.0. The summed E-state index contributed by atoms with van der Waals surface area (Å²) in [4.78, 5) is 12.5. The van der Waals surface area contributed by atoms with Crippen LogP contribution in [0.5, 0.6) is 5.75 Å². The number of aliphatic carboxylic acids is 1. The molecule has 1 aliphatic heterocycles. The van der Waals surface area contributed by atoms with Gasteiger partial charge in [-0.05, 0) is 30.2 Å². The van der Waals surface area contributed by atoms with E-state index in [-0.39, 0.29) is 6.61 Å². The van der Waals surface area contributed by atoms with Gasteiger partial charge in [-0.15, -0.1) is 0 Å². The second-order valence-electron chi connectivity index (χ2n) is 4.59. The fraction of sp³-hybridized carbons (Fsp3) is 0.308. The summed E-state index contributed by atoms with van der Waals surface area (Å²) < 4.78 is 5.47. The Labute approximate surface area is 109 Å². The SMILES string of the molecule is Cn1ncc(-c2ccc3c(c2)CC(C(=O)O)CO3)n1. The minimum absolute atomic E-state index is 0.229. The van der Waals surface area contributed by atoms with Gasteiger partial charge < -0.3 is 9.84 Å². The Morgan fingerprint density at radius 2 is 2.37 bits per heavy atom. The minimum Gasteiger partial charge on any atom is -0.492 e. The van der Waals surface area contributed by atoms with Crippen LogP contribution in [0.4, 0.5) is 0 Å². The predicted octanol–water partition coefficient (Wildman–Crippen LogP) is 1.12. The van der Waals surface area contributed by atoms with Crippen molar-refractivity contribution in [3.05, 3.63) is 30.0 Å². The van der Waals surface area contributed by atoms with Gasteiger partial charge in [0.15, 0.2) is 0 Å². The first-order valence-corrected chi connectivity index (χ1v) is 5.98. The zero-order chi connectivity index (χ0) is 13.4. The number of carbonyl (C=O) groups is 1. The number of benzene rings is 1. The Bertz CT molecular complexity index is 636. The highest BCUT2D eigenvalue weighted by Gasteiger charge is 2.25. The Balaban J connectivity index is 1.95. The Hall–Kier alpha value is -2.37. The van der Waals surface area contributed by atoms with Crippen LogP contribution in [0.25, 0.3) is 11.3 Å². The highest BCUT2D eigenvalue weighted by molar-refractivity contribution is 5.72. The van der Waals surface area contributed by atoms with E-state index < -0.39 is 11.9 Å². The summed E-state index contributed by atoms with van der Waals surface area (Å²) in [5, 5.41) is 17.3. The molecule has 0 fully saturated rings. The van der Waals surface area contributed by atoms with E-state index in [0.29, 0.717) is 6.42 Å². The molecular formula is C13H13N3O3. The second-order valence-corrected chi connectivity index (χ2v) is 4.59. The molecule has 2 aromatic rings. The molecule has 0 amide bonds. The van der Waals surface area contributed by atoms with E-state index in [1.54, 1.807) is 13.2 Å². The van der Waals surface area contributed by atoms with Crippen LogP contribution in [-0.2, 0) is 18.3 Å². The van der Waals surface area contributed by atoms with E-state index in [2.05, 4.69) is 10.2 Å². The lowest BCUT2D eigenvalue weighted by molar-refractivity contribution is -0.143. The summed E-state index contributed by atoms with van der Waals surface area (Å²) in [6, 6.07) is 5.69. The van der Waals surface area contributed by atoms with Gasteiger partial charge in [-0.25, -0.2) is 0 Å². The maximum absolute atomic E-state index is 11.0. The zero-order valence-corrected chi connectivity index (χ0v) is 10.4. The van der Waals surface area contributed by atoms with Crippen molar-refractivity contribution in [1.29, 1.82) is 0 Å². The van der Waals surface area contributed by atoms with Gasteiger partial charge in [0, 0.05) is 12.6 Å². The number of aromatic nitrogens is 3. The van der Waals surface area contributed by atoms with Gasteiger partial charge in [0.25, 0.3) is 0 Å². The minimum atomic E-state index is -0.824. The fourth-order valence-electron chi connectivity index (χ4n) is 2.19. The van der Waals surface area contributed by atoms with Gasteiger partial charge in [0.2, 0.25) is 0 Å². The van der Waals surface area contributed by atoms with Crippen molar-refractivity contribution in [2.75, 3.05) is 6.61 Å². The third-order valence-corrected chi connectivity index (χ3v) is 3.21. The van der Waals surface area contributed by atoms with Gasteiger partial charge in [-0.1, -0.05) is 0 Å². The van der Waals surface area contributed by atoms with Crippen molar-refractivity contribution in [2.24, 2.45) is 13.0 Å². The Morgan fingerprint density at radius 3 is 3.05 bits per heavy atom. The number of hydrogen-bond acceptors (Lipinski definition) is 4. The van der Waals surface area contributed by atoms with Gasteiger partial charge in [0.05, 0.1) is 12.1 Å². The molecule has 1 aliphatic rings. The maximum Gasteiger partial charge on any atom is 0.310 e. The van der Waals surface area contributed by atoms with Crippen molar-refractivity contribution in [3.8, 4) is 17.0 Å². The van der Waals surface area contributed by atoms with Crippen LogP contribution in [0, 0.1) is 5.92 Å². The molecule has 0 bridgehead atoms. The van der Waals surface area contributed by atoms with Gasteiger partial charge in [-0.3, -0.25) is 4.79 Å². The summed E-state index contributed by atoms with van der Waals surface area (Å²) in [7, 11) is 1.76. The molecular weight excluding hydrogens is 246 g/mol. The molecule has 1 aromatic heterocycles. The lowest BCUT2D eigenvalue weighted by Crippen LogP contribution is -2.27. The number of rotatable bonds is 2. The molecule has 1 atom stereocenters. The third-order valence-electron chi connectivity index (χ3n) is 3.21. The molecule has 19 heavy (non-hydrogen) atoms. The van der Waals surface area contributed by atoms with E-state index in [1.807, 2.05) is 18.2 Å². The Kier molecular flexibility index (Phi) is 2.70. The van der Waals surface area contributed by atoms with E-state index in [0.717, 1.165) is 22.6 Å². The lowest BCUT2D eigenvalue weighted by Gasteiger charge is -2.22. The molecule has 0 saturated heterocycles. The zero-order valence-electron chi connectivity index (χ0n) is 10.4. The number of carboxylic acid groups (broad SMARTS) is 1. The number of carboxylic acids is 1. The summed E-state index contributed by atoms with van der Waals surface area (Å²) in [6.45, 7) is 0.229. The molecule has 0 spiro atoms. The van der Waals surface area contributed by atoms with E-state index in [1.165, 1.54) is 4.80 Å². The standard InChI is InChI=1S/C13H13N3O3/c1-16-14-6-11(15-16)8-2-3-12-9(4-8)5-10(7-19-12)13(17)18/h2-4,6,10H,5,7H2,1H3,(H,17,18). The molecule has 0 saturated carbocycles. The van der Waals surface area contributed by atoms with E-state index >= 15 is 0 Å². The molecule has 3 rings (SSSR count). The van der Waals surface area contributed by atoms with Crippen molar-refractivity contribution < 1.29 is 14.6 Å². The molecule has 1 aromatic carbocycles. The molecule has 1 unspecified atom stereocenters. The van der Waals surface area contributed by atoms with Crippen LogP contribution in [-0.4, -0.2) is 32.7 Å². The molecule has 2 heterocycles. The van der Waals surface area contributed by atoms with Gasteiger partial charge in [-0.2, -0.15) is 15.0 Å². The highest BCUT2D eigenvalue weighted by atomic mass is 16.5. The van der Waals surface area contributed by atoms with Crippen molar-refractivity contribution >= 4 is 5.97 Å². The molecule has 0 radical (unpaired) electrons. The monoisotopic (exact) mass is 259 g/mol. The first kappa shape index (κ1) is 11.7. The average Bonchev–Trinajstić information content (AvgIpc) is 2.84. The molecule has 6 nitrogen and oxygen atoms in total. The summed E-state index contributed by atoms with van der Waals surface area (Å²) >= 11 is 0. The average molecular weight is 259 g/mol. The summed E-state index contributed by atoms with van der Waals surface area (Å²) in [6.07, 6.45) is 2.17. The summed E-state index contributed by atoms with van der Waals surface area (Å²) in [5.41, 5.74) is 2.59. The second kappa shape index (κ2) is 4.38. The number of nitrogens with zero attached hydrogens (tertiary/aromatic N) is 3. The molecule has 0 aliphatic carbocycles. The van der Waals surface area contributed by atoms with Crippen molar-refractivity contribution in [3.63, 3.8) is 0 Å². The van der Waals surface area contributed by atoms with E-state index in [4.69, 9.17) is 9.84 Å². The third kappa shape index (κ3) is 2.16. The Morgan fingerprint density at radius 1 is 1.53 bits per heavy atom. The van der Waals surface area contributed by atoms with Crippen molar-refractivity contribution in [1.82, 2.24) is 15.0 Å². The van der Waals surface area contributed by atoms with Crippen LogP contribution in [0.2, 0.25) is 0 Å². The smallest absolute Gasteiger partial charge is 0.310 e. The van der Waals surface area contributed by atoms with Crippen molar-refractivity contribution in [2.45, 2.75) is 6.42 Å². The normalized spacial score (nSPS) is 17.6. The van der Waals surface area contributed by atoms with Gasteiger partial charge >= 0.3 is 5.97 Å². The van der Waals surface area contributed by atoms with Crippen LogP contribution in [0.15, 0.2) is 24.4 Å². The first-order valence-electron chi connectivity index (χ1n) is 5.98. The molecule has 6 heteroatoms. The van der Waals surface area contributed by atoms with Crippen LogP contribution >= 0.6 is 0 Å². The number of aryl methyl sites for hydroxylation is 1. The topological polar surface area (TPSA) is 77.2 Å². The number of fused-ring (bicyclic) bond motifs is 1. The quantitative estimate of drug-likeness (QED) is 0.874. The predicted molar refractivity (Wildman–Crippen MR) is 66.8 cm³/mol. The van der Waals surface area contributed by atoms with Crippen LogP contribution in [0.1, 0.15) is 5.56 Å². The number of hydrogen-bond donors (Lipinski definition) is 1. The van der Waals surface area contributed by atoms with Crippen LogP contribution in [0.3, 0.4) is 0 Å². The highest BCUT2D eigenvalue weighted by Crippen LogP contribution is 2.31. The van der Waals surface area contributed by atoms with E-state index in [9.17, 15) is 4.79 Å². The first-order chi connectivity index (χ1) is 9.13. The summed E-state index contributed by atoms with van der Waals surface area (Å²) in [5.74, 6) is -0.551. The van der Waals surface area contributed by atoms with Gasteiger partial charge in [0.1, 0.15) is 18.1 Å². The molecule has 98 valence electrons. The largest absolute Gasteiger partial charge is 0.492 e. The molecule has 1 N–H and O–H groups in total. The van der Waals surface area contributed by atoms with Crippen LogP contribution < -0.4 is 4.74 Å². The number of ether oxygens (including phenoxy) is 1.